The minimum absolute atomic E-state index is 0.628. The van der Waals surface area contributed by atoms with Gasteiger partial charge in [-0.1, -0.05) is 109 Å². The number of hydrogen-bond donors (Lipinski definition) is 0. The SMILES string of the molecule is Clc1cccc2cc(-c3nc(-c4ccc5ccccc5c4)nc(-c4ccc5ccccc5c4)n3)ccc12. The third kappa shape index (κ3) is 4.00. The predicted octanol–water partition coefficient (Wildman–Crippen LogP) is 8.99. The maximum Gasteiger partial charge on any atom is 0.164 e. The van der Waals surface area contributed by atoms with Crippen LogP contribution in [0, 0.1) is 0 Å². The fourth-order valence-electron chi connectivity index (χ4n) is 4.80. The van der Waals surface area contributed by atoms with Crippen molar-refractivity contribution in [1.29, 1.82) is 0 Å². The van der Waals surface area contributed by atoms with Gasteiger partial charge in [-0.05, 0) is 51.2 Å². The molecule has 3 nitrogen and oxygen atoms in total. The molecular formula is C33H20ClN3. The minimum atomic E-state index is 0.628. The molecule has 7 rings (SSSR count). The van der Waals surface area contributed by atoms with Crippen LogP contribution in [-0.4, -0.2) is 15.0 Å². The molecule has 4 heteroatoms. The van der Waals surface area contributed by atoms with E-state index in [0.29, 0.717) is 17.5 Å². The number of nitrogens with zero attached hydrogens (tertiary/aromatic N) is 3. The summed E-state index contributed by atoms with van der Waals surface area (Å²) in [5.41, 5.74) is 2.82. The summed E-state index contributed by atoms with van der Waals surface area (Å²) in [5, 5.41) is 7.44. The number of aromatic nitrogens is 3. The van der Waals surface area contributed by atoms with Gasteiger partial charge in [-0.25, -0.2) is 15.0 Å². The molecule has 0 spiro atoms. The van der Waals surface area contributed by atoms with Crippen LogP contribution in [0.25, 0.3) is 66.5 Å². The Hall–Kier alpha value is -4.60. The molecule has 1 heterocycles. The molecule has 0 N–H and O–H groups in total. The quantitative estimate of drug-likeness (QED) is 0.246. The molecule has 0 bridgehead atoms. The lowest BCUT2D eigenvalue weighted by molar-refractivity contribution is 1.08. The van der Waals surface area contributed by atoms with E-state index >= 15 is 0 Å². The summed E-state index contributed by atoms with van der Waals surface area (Å²) in [6, 6.07) is 41.3. The first kappa shape index (κ1) is 21.7. The first-order valence-electron chi connectivity index (χ1n) is 12.1. The van der Waals surface area contributed by atoms with Gasteiger partial charge in [0.25, 0.3) is 0 Å². The summed E-state index contributed by atoms with van der Waals surface area (Å²) in [5.74, 6) is 1.92. The molecule has 1 aromatic heterocycles. The summed E-state index contributed by atoms with van der Waals surface area (Å²) in [7, 11) is 0. The lowest BCUT2D eigenvalue weighted by Gasteiger charge is -2.10. The zero-order valence-electron chi connectivity index (χ0n) is 19.8. The van der Waals surface area contributed by atoms with E-state index in [1.807, 2.05) is 48.5 Å². The van der Waals surface area contributed by atoms with E-state index in [0.717, 1.165) is 43.3 Å². The van der Waals surface area contributed by atoms with Crippen molar-refractivity contribution in [3.05, 3.63) is 126 Å². The van der Waals surface area contributed by atoms with Crippen molar-refractivity contribution in [1.82, 2.24) is 15.0 Å². The van der Waals surface area contributed by atoms with Crippen LogP contribution in [-0.2, 0) is 0 Å². The Kier molecular flexibility index (Phi) is 5.16. The van der Waals surface area contributed by atoms with Crippen LogP contribution in [0.2, 0.25) is 5.02 Å². The number of hydrogen-bond acceptors (Lipinski definition) is 3. The van der Waals surface area contributed by atoms with Crippen molar-refractivity contribution in [2.45, 2.75) is 0 Å². The van der Waals surface area contributed by atoms with Crippen molar-refractivity contribution < 1.29 is 0 Å². The second-order valence-corrected chi connectivity index (χ2v) is 9.51. The van der Waals surface area contributed by atoms with E-state index in [1.165, 1.54) is 10.8 Å². The Labute approximate surface area is 219 Å². The summed E-state index contributed by atoms with van der Waals surface area (Å²) in [6.45, 7) is 0. The molecule has 37 heavy (non-hydrogen) atoms. The molecule has 0 aliphatic carbocycles. The maximum atomic E-state index is 6.42. The Morgan fingerprint density at radius 3 is 1.35 bits per heavy atom. The zero-order valence-corrected chi connectivity index (χ0v) is 20.5. The average Bonchev–Trinajstić information content (AvgIpc) is 2.96. The van der Waals surface area contributed by atoms with Gasteiger partial charge in [-0.15, -0.1) is 0 Å². The normalized spacial score (nSPS) is 11.4. The average molecular weight is 494 g/mol. The molecule has 6 aromatic carbocycles. The van der Waals surface area contributed by atoms with Gasteiger partial charge in [-0.3, -0.25) is 0 Å². The van der Waals surface area contributed by atoms with E-state index in [2.05, 4.69) is 72.8 Å². The van der Waals surface area contributed by atoms with Gasteiger partial charge in [0, 0.05) is 27.1 Å². The lowest BCUT2D eigenvalue weighted by atomic mass is 10.0. The first-order chi connectivity index (χ1) is 18.2. The van der Waals surface area contributed by atoms with E-state index in [4.69, 9.17) is 26.6 Å². The predicted molar refractivity (Wildman–Crippen MR) is 154 cm³/mol. The Balaban J connectivity index is 1.45. The van der Waals surface area contributed by atoms with Crippen LogP contribution in [0.5, 0.6) is 0 Å². The standard InChI is InChI=1S/C33H20ClN3/c34-30-11-5-10-25-20-28(16-17-29(25)30)33-36-31(26-14-12-21-6-1-3-8-23(21)18-26)35-32(37-33)27-15-13-22-7-2-4-9-24(22)19-27/h1-20H. The number of benzene rings is 6. The van der Waals surface area contributed by atoms with Gasteiger partial charge < -0.3 is 0 Å². The molecule has 0 unspecified atom stereocenters. The first-order valence-corrected chi connectivity index (χ1v) is 12.5. The third-order valence-corrected chi connectivity index (χ3v) is 7.07. The highest BCUT2D eigenvalue weighted by atomic mass is 35.5. The van der Waals surface area contributed by atoms with Crippen LogP contribution < -0.4 is 0 Å². The van der Waals surface area contributed by atoms with Gasteiger partial charge in [0.15, 0.2) is 17.5 Å². The summed E-state index contributed by atoms with van der Waals surface area (Å²) < 4.78 is 0. The highest BCUT2D eigenvalue weighted by molar-refractivity contribution is 6.35. The lowest BCUT2D eigenvalue weighted by Crippen LogP contribution is -2.00. The monoisotopic (exact) mass is 493 g/mol. The number of fused-ring (bicyclic) bond motifs is 3. The van der Waals surface area contributed by atoms with E-state index in [-0.39, 0.29) is 0 Å². The largest absolute Gasteiger partial charge is 0.208 e. The Morgan fingerprint density at radius 1 is 0.378 bits per heavy atom. The molecule has 0 amide bonds. The van der Waals surface area contributed by atoms with Gasteiger partial charge in [0.2, 0.25) is 0 Å². The molecule has 0 atom stereocenters. The van der Waals surface area contributed by atoms with Crippen LogP contribution in [0.3, 0.4) is 0 Å². The van der Waals surface area contributed by atoms with Gasteiger partial charge in [-0.2, -0.15) is 0 Å². The Morgan fingerprint density at radius 2 is 0.811 bits per heavy atom. The fourth-order valence-corrected chi connectivity index (χ4v) is 5.05. The van der Waals surface area contributed by atoms with Crippen LogP contribution in [0.1, 0.15) is 0 Å². The molecule has 0 saturated heterocycles. The molecule has 7 aromatic rings. The molecule has 0 aliphatic heterocycles. The molecule has 0 saturated carbocycles. The second kappa shape index (κ2) is 8.81. The smallest absolute Gasteiger partial charge is 0.164 e. The van der Waals surface area contributed by atoms with E-state index in [1.54, 1.807) is 0 Å². The Bertz CT molecular complexity index is 1860. The molecule has 174 valence electrons. The van der Waals surface area contributed by atoms with Crippen molar-refractivity contribution in [3.8, 4) is 34.2 Å². The van der Waals surface area contributed by atoms with Gasteiger partial charge in [0.05, 0.1) is 0 Å². The van der Waals surface area contributed by atoms with E-state index < -0.39 is 0 Å². The second-order valence-electron chi connectivity index (χ2n) is 9.11. The highest BCUT2D eigenvalue weighted by Crippen LogP contribution is 2.31. The van der Waals surface area contributed by atoms with Gasteiger partial charge >= 0.3 is 0 Å². The van der Waals surface area contributed by atoms with Crippen LogP contribution in [0.15, 0.2) is 121 Å². The molecule has 0 radical (unpaired) electrons. The summed E-state index contributed by atoms with van der Waals surface area (Å²) >= 11 is 6.42. The zero-order chi connectivity index (χ0) is 24.8. The van der Waals surface area contributed by atoms with Crippen molar-refractivity contribution >= 4 is 43.9 Å². The molecule has 0 aliphatic rings. The van der Waals surface area contributed by atoms with Crippen molar-refractivity contribution in [2.75, 3.05) is 0 Å². The minimum Gasteiger partial charge on any atom is -0.208 e. The summed E-state index contributed by atoms with van der Waals surface area (Å²) in [6.07, 6.45) is 0. The van der Waals surface area contributed by atoms with Crippen molar-refractivity contribution in [3.63, 3.8) is 0 Å². The molecular weight excluding hydrogens is 474 g/mol. The highest BCUT2D eigenvalue weighted by Gasteiger charge is 2.14. The van der Waals surface area contributed by atoms with Gasteiger partial charge in [0.1, 0.15) is 0 Å². The molecule has 0 fully saturated rings. The van der Waals surface area contributed by atoms with Crippen LogP contribution in [0.4, 0.5) is 0 Å². The van der Waals surface area contributed by atoms with Crippen LogP contribution >= 0.6 is 11.6 Å². The van der Waals surface area contributed by atoms with E-state index in [9.17, 15) is 0 Å². The number of halogens is 1. The summed E-state index contributed by atoms with van der Waals surface area (Å²) in [4.78, 5) is 14.8. The van der Waals surface area contributed by atoms with Crippen molar-refractivity contribution in [2.24, 2.45) is 0 Å². The topological polar surface area (TPSA) is 38.7 Å². The third-order valence-electron chi connectivity index (χ3n) is 6.74. The number of rotatable bonds is 3. The maximum absolute atomic E-state index is 6.42. The fraction of sp³-hybridized carbons (Fsp3) is 0.